The van der Waals surface area contributed by atoms with Crippen molar-refractivity contribution in [1.82, 2.24) is 0 Å². The minimum Gasteiger partial charge on any atom is -0.390 e. The lowest BCUT2D eigenvalue weighted by atomic mass is 9.96. The molecule has 0 amide bonds. The van der Waals surface area contributed by atoms with Crippen molar-refractivity contribution in [2.75, 3.05) is 18.1 Å². The monoisotopic (exact) mass is 182 g/mol. The van der Waals surface area contributed by atoms with Crippen LogP contribution < -0.4 is 0 Å². The third-order valence-electron chi connectivity index (χ3n) is 2.03. The van der Waals surface area contributed by atoms with Crippen molar-refractivity contribution >= 4 is 11.8 Å². The molecule has 0 unspecified atom stereocenters. The summed E-state index contributed by atoms with van der Waals surface area (Å²) < 4.78 is 25.6. The summed E-state index contributed by atoms with van der Waals surface area (Å²) in [7, 11) is 0. The molecule has 1 nitrogen and oxygen atoms in total. The van der Waals surface area contributed by atoms with Crippen molar-refractivity contribution in [2.24, 2.45) is 5.92 Å². The van der Waals surface area contributed by atoms with Gasteiger partial charge in [0.25, 0.3) is 5.92 Å². The second kappa shape index (κ2) is 3.72. The van der Waals surface area contributed by atoms with Crippen molar-refractivity contribution < 1.29 is 13.9 Å². The van der Waals surface area contributed by atoms with Crippen molar-refractivity contribution in [3.63, 3.8) is 0 Å². The Morgan fingerprint density at radius 1 is 1.36 bits per heavy atom. The highest BCUT2D eigenvalue weighted by Gasteiger charge is 2.38. The van der Waals surface area contributed by atoms with Crippen molar-refractivity contribution in [1.29, 1.82) is 0 Å². The largest absolute Gasteiger partial charge is 0.390 e. The van der Waals surface area contributed by atoms with Crippen molar-refractivity contribution in [3.05, 3.63) is 0 Å². The third-order valence-corrected chi connectivity index (χ3v) is 3.08. The summed E-state index contributed by atoms with van der Waals surface area (Å²) >= 11 is 1.71. The molecule has 66 valence electrons. The van der Waals surface area contributed by atoms with Crippen molar-refractivity contribution in [3.8, 4) is 0 Å². The van der Waals surface area contributed by atoms with E-state index in [9.17, 15) is 8.78 Å². The van der Waals surface area contributed by atoms with Crippen LogP contribution in [0, 0.1) is 5.92 Å². The maximum Gasteiger partial charge on any atom is 0.273 e. The quantitative estimate of drug-likeness (QED) is 0.702. The zero-order valence-corrected chi connectivity index (χ0v) is 7.04. The lowest BCUT2D eigenvalue weighted by Crippen LogP contribution is -2.34. The van der Waals surface area contributed by atoms with E-state index < -0.39 is 18.4 Å². The minimum absolute atomic E-state index is 0.540. The molecule has 0 aromatic carbocycles. The van der Waals surface area contributed by atoms with E-state index >= 15 is 0 Å². The molecule has 1 fully saturated rings. The Kier molecular flexibility index (Phi) is 3.13. The van der Waals surface area contributed by atoms with Crippen LogP contribution >= 0.6 is 11.8 Å². The fourth-order valence-electron chi connectivity index (χ4n) is 1.25. The van der Waals surface area contributed by atoms with Crippen LogP contribution in [-0.4, -0.2) is 29.1 Å². The number of halogens is 2. The van der Waals surface area contributed by atoms with Gasteiger partial charge < -0.3 is 5.11 Å². The molecular formula is C7H12F2OS. The van der Waals surface area contributed by atoms with Gasteiger partial charge in [0.1, 0.15) is 6.61 Å². The van der Waals surface area contributed by atoms with Gasteiger partial charge in [0.2, 0.25) is 0 Å². The Labute approximate surface area is 69.2 Å². The van der Waals surface area contributed by atoms with Crippen LogP contribution in [0.15, 0.2) is 0 Å². The number of rotatable bonds is 2. The molecule has 1 N–H and O–H groups in total. The summed E-state index contributed by atoms with van der Waals surface area (Å²) in [5.74, 6) is -1.82. The predicted molar refractivity (Wildman–Crippen MR) is 42.1 cm³/mol. The fraction of sp³-hybridized carbons (Fsp3) is 1.00. The summed E-state index contributed by atoms with van der Waals surface area (Å²) in [4.78, 5) is 0. The molecular weight excluding hydrogens is 170 g/mol. The van der Waals surface area contributed by atoms with Crippen LogP contribution in [0.4, 0.5) is 8.78 Å². The van der Waals surface area contributed by atoms with Crippen LogP contribution in [-0.2, 0) is 0 Å². The molecule has 0 aromatic rings. The lowest BCUT2D eigenvalue weighted by Gasteiger charge is -2.28. The molecule has 0 aromatic heterocycles. The number of aliphatic hydroxyl groups is 1. The van der Waals surface area contributed by atoms with E-state index in [2.05, 4.69) is 0 Å². The van der Waals surface area contributed by atoms with Gasteiger partial charge in [0.05, 0.1) is 0 Å². The highest BCUT2D eigenvalue weighted by Crippen LogP contribution is 2.34. The number of thioether (sulfide) groups is 1. The first-order valence-electron chi connectivity index (χ1n) is 3.73. The highest BCUT2D eigenvalue weighted by molar-refractivity contribution is 7.99. The van der Waals surface area contributed by atoms with Crippen molar-refractivity contribution in [2.45, 2.75) is 18.8 Å². The van der Waals surface area contributed by atoms with E-state index in [1.54, 1.807) is 11.8 Å². The molecule has 1 rings (SSSR count). The predicted octanol–water partition coefficient (Wildman–Crippen LogP) is 1.76. The minimum atomic E-state index is -2.85. The first-order valence-corrected chi connectivity index (χ1v) is 4.88. The Morgan fingerprint density at radius 2 is 1.91 bits per heavy atom. The Bertz CT molecular complexity index is 124. The molecule has 1 aliphatic heterocycles. The van der Waals surface area contributed by atoms with E-state index in [0.717, 1.165) is 11.5 Å². The first kappa shape index (κ1) is 9.26. The summed E-state index contributed by atoms with van der Waals surface area (Å²) in [6.07, 6.45) is 1.08. The van der Waals surface area contributed by atoms with E-state index in [0.29, 0.717) is 12.8 Å². The molecule has 0 spiro atoms. The zero-order chi connectivity index (χ0) is 8.32. The van der Waals surface area contributed by atoms with Gasteiger partial charge in [-0.25, -0.2) is 8.78 Å². The number of alkyl halides is 2. The van der Waals surface area contributed by atoms with Crippen LogP contribution in [0.3, 0.4) is 0 Å². The number of aliphatic hydroxyl groups excluding tert-OH is 1. The maximum atomic E-state index is 12.8. The molecule has 11 heavy (non-hydrogen) atoms. The van der Waals surface area contributed by atoms with Gasteiger partial charge in [0, 0.05) is 5.92 Å². The fourth-order valence-corrected chi connectivity index (χ4v) is 2.36. The molecule has 1 heterocycles. The average molecular weight is 182 g/mol. The van der Waals surface area contributed by atoms with Gasteiger partial charge >= 0.3 is 0 Å². The molecule has 0 radical (unpaired) electrons. The summed E-state index contributed by atoms with van der Waals surface area (Å²) in [6.45, 7) is -0.998. The van der Waals surface area contributed by atoms with Crippen LogP contribution in [0.1, 0.15) is 12.8 Å². The lowest BCUT2D eigenvalue weighted by molar-refractivity contribution is -0.0995. The van der Waals surface area contributed by atoms with Gasteiger partial charge in [0.15, 0.2) is 0 Å². The first-order chi connectivity index (χ1) is 5.17. The summed E-state index contributed by atoms with van der Waals surface area (Å²) in [5.41, 5.74) is 0. The molecule has 1 aliphatic rings. The Hall–Kier alpha value is 0.170. The van der Waals surface area contributed by atoms with Gasteiger partial charge in [-0.1, -0.05) is 0 Å². The van der Waals surface area contributed by atoms with Gasteiger partial charge in [-0.2, -0.15) is 11.8 Å². The average Bonchev–Trinajstić information content (AvgIpc) is 2.06. The molecule has 4 heteroatoms. The normalized spacial score (nSPS) is 22.1. The SMILES string of the molecule is OCC(F)(F)C1CCSCC1. The third kappa shape index (κ3) is 2.30. The molecule has 1 saturated heterocycles. The molecule has 0 atom stereocenters. The second-order valence-electron chi connectivity index (χ2n) is 2.81. The zero-order valence-electron chi connectivity index (χ0n) is 6.22. The van der Waals surface area contributed by atoms with E-state index in [-0.39, 0.29) is 0 Å². The van der Waals surface area contributed by atoms with Gasteiger partial charge in [-0.05, 0) is 24.3 Å². The van der Waals surface area contributed by atoms with Crippen LogP contribution in [0.2, 0.25) is 0 Å². The van der Waals surface area contributed by atoms with Crippen LogP contribution in [0.25, 0.3) is 0 Å². The van der Waals surface area contributed by atoms with Gasteiger partial charge in [-0.3, -0.25) is 0 Å². The van der Waals surface area contributed by atoms with E-state index in [1.165, 1.54) is 0 Å². The van der Waals surface area contributed by atoms with Gasteiger partial charge in [-0.15, -0.1) is 0 Å². The number of hydrogen-bond donors (Lipinski definition) is 1. The Morgan fingerprint density at radius 3 is 2.36 bits per heavy atom. The topological polar surface area (TPSA) is 20.2 Å². The summed E-state index contributed by atoms with van der Waals surface area (Å²) in [5, 5.41) is 8.39. The van der Waals surface area contributed by atoms with Crippen LogP contribution in [0.5, 0.6) is 0 Å². The van der Waals surface area contributed by atoms with E-state index in [4.69, 9.17) is 5.11 Å². The summed E-state index contributed by atoms with van der Waals surface area (Å²) in [6, 6.07) is 0. The Balaban J connectivity index is 2.43. The molecule has 0 bridgehead atoms. The highest BCUT2D eigenvalue weighted by atomic mass is 32.2. The number of hydrogen-bond acceptors (Lipinski definition) is 2. The second-order valence-corrected chi connectivity index (χ2v) is 4.03. The van der Waals surface area contributed by atoms with E-state index in [1.807, 2.05) is 0 Å². The standard InChI is InChI=1S/C7H12F2OS/c8-7(9,5-10)6-1-3-11-4-2-6/h6,10H,1-5H2. The molecule has 0 aliphatic carbocycles. The molecule has 0 saturated carbocycles. The smallest absolute Gasteiger partial charge is 0.273 e. The maximum absolute atomic E-state index is 12.8.